The average Bonchev–Trinajstić information content (AvgIpc) is 3.53. The molecule has 2 atom stereocenters. The lowest BCUT2D eigenvalue weighted by atomic mass is 10.0. The molecule has 0 spiro atoms. The van der Waals surface area contributed by atoms with Crippen molar-refractivity contribution in [2.45, 2.75) is 49.5 Å². The van der Waals surface area contributed by atoms with Crippen LogP contribution in [-0.4, -0.2) is 67.6 Å². The summed E-state index contributed by atoms with van der Waals surface area (Å²) in [7, 11) is -2.39. The molecular formula is C25H30N4O7S2. The van der Waals surface area contributed by atoms with E-state index in [0.717, 1.165) is 15.6 Å². The number of rotatable bonds is 9. The Labute approximate surface area is 224 Å². The number of hydrogen-bond donors (Lipinski definition) is 2. The molecule has 3 aromatic rings. The van der Waals surface area contributed by atoms with Gasteiger partial charge in [-0.15, -0.1) is 11.3 Å². The van der Waals surface area contributed by atoms with Crippen LogP contribution in [0.4, 0.5) is 0 Å². The molecule has 3 heterocycles. The van der Waals surface area contributed by atoms with Crippen molar-refractivity contribution in [2.75, 3.05) is 20.2 Å². The molecular weight excluding hydrogens is 532 g/mol. The van der Waals surface area contributed by atoms with E-state index in [9.17, 15) is 22.8 Å². The third-order valence-electron chi connectivity index (χ3n) is 6.19. The Hall–Kier alpha value is -3.29. The summed E-state index contributed by atoms with van der Waals surface area (Å²) in [6, 6.07) is 5.05. The number of benzene rings is 1. The molecule has 1 aromatic carbocycles. The molecule has 0 radical (unpaired) electrons. The molecule has 0 saturated carbocycles. The first-order valence-electron chi connectivity index (χ1n) is 12.2. The van der Waals surface area contributed by atoms with E-state index in [1.54, 1.807) is 29.6 Å². The molecule has 204 valence electrons. The average molecular weight is 563 g/mol. The van der Waals surface area contributed by atoms with Gasteiger partial charge in [-0.2, -0.15) is 4.31 Å². The van der Waals surface area contributed by atoms with E-state index >= 15 is 0 Å². The first kappa shape index (κ1) is 27.7. The fourth-order valence-electron chi connectivity index (χ4n) is 4.32. The highest BCUT2D eigenvalue weighted by atomic mass is 32.2. The minimum Gasteiger partial charge on any atom is -0.493 e. The van der Waals surface area contributed by atoms with Crippen molar-refractivity contribution in [1.29, 1.82) is 0 Å². The van der Waals surface area contributed by atoms with E-state index in [1.807, 2.05) is 13.8 Å². The van der Waals surface area contributed by atoms with Crippen molar-refractivity contribution < 1.29 is 32.0 Å². The normalized spacial score (nSPS) is 17.8. The van der Waals surface area contributed by atoms with Crippen molar-refractivity contribution >= 4 is 49.9 Å². The third kappa shape index (κ3) is 6.05. The van der Waals surface area contributed by atoms with E-state index in [0.29, 0.717) is 29.6 Å². The van der Waals surface area contributed by atoms with Crippen LogP contribution >= 0.6 is 11.3 Å². The smallest absolute Gasteiger partial charge is 0.287 e. The van der Waals surface area contributed by atoms with Crippen LogP contribution in [0.25, 0.3) is 11.0 Å². The zero-order valence-corrected chi connectivity index (χ0v) is 22.9. The molecule has 1 aliphatic rings. The molecule has 0 aliphatic carbocycles. The van der Waals surface area contributed by atoms with Gasteiger partial charge in [-0.25, -0.2) is 13.4 Å². The Morgan fingerprint density at radius 1 is 1.32 bits per heavy atom. The van der Waals surface area contributed by atoms with Crippen LogP contribution in [0.2, 0.25) is 0 Å². The Kier molecular flexibility index (Phi) is 8.48. The number of furan rings is 1. The number of amides is 2. The maximum atomic E-state index is 13.2. The van der Waals surface area contributed by atoms with E-state index in [2.05, 4.69) is 15.6 Å². The minimum atomic E-state index is -3.89. The van der Waals surface area contributed by atoms with Gasteiger partial charge < -0.3 is 19.8 Å². The number of methoxy groups -OCH3 is 1. The molecule has 13 heteroatoms. The largest absolute Gasteiger partial charge is 0.493 e. The van der Waals surface area contributed by atoms with E-state index in [-0.39, 0.29) is 35.5 Å². The van der Waals surface area contributed by atoms with Gasteiger partial charge in [-0.05, 0) is 37.3 Å². The summed E-state index contributed by atoms with van der Waals surface area (Å²) in [4.78, 5) is 43.1. The summed E-state index contributed by atoms with van der Waals surface area (Å²) in [5.41, 5.74) is 0.423. The second-order valence-corrected chi connectivity index (χ2v) is 12.5. The highest BCUT2D eigenvalue weighted by Gasteiger charge is 2.35. The maximum absolute atomic E-state index is 13.2. The van der Waals surface area contributed by atoms with Crippen LogP contribution < -0.4 is 15.4 Å². The van der Waals surface area contributed by atoms with Crippen LogP contribution in [0.15, 0.2) is 44.6 Å². The van der Waals surface area contributed by atoms with Gasteiger partial charge in [-0.3, -0.25) is 14.4 Å². The molecule has 1 unspecified atom stereocenters. The number of carbonyl (C=O) groups is 3. The van der Waals surface area contributed by atoms with Gasteiger partial charge in [0.15, 0.2) is 22.9 Å². The van der Waals surface area contributed by atoms with Gasteiger partial charge in [-0.1, -0.05) is 26.0 Å². The third-order valence-corrected chi connectivity index (χ3v) is 9.21. The first-order valence-corrected chi connectivity index (χ1v) is 14.5. The molecule has 11 nitrogen and oxygen atoms in total. The predicted molar refractivity (Wildman–Crippen MR) is 141 cm³/mol. The monoisotopic (exact) mass is 562 g/mol. The van der Waals surface area contributed by atoms with E-state index in [4.69, 9.17) is 9.15 Å². The Balaban J connectivity index is 1.45. The number of para-hydroxylation sites is 1. The van der Waals surface area contributed by atoms with Crippen molar-refractivity contribution in [3.05, 3.63) is 41.6 Å². The van der Waals surface area contributed by atoms with Crippen LogP contribution in [0.3, 0.4) is 0 Å². The Bertz CT molecular complexity index is 1420. The number of nitrogens with zero attached hydrogens (tertiary/aromatic N) is 2. The summed E-state index contributed by atoms with van der Waals surface area (Å²) >= 11 is 0.983. The molecule has 2 N–H and O–H groups in total. The summed E-state index contributed by atoms with van der Waals surface area (Å²) < 4.78 is 37.7. The fourth-order valence-corrected chi connectivity index (χ4v) is 6.73. The van der Waals surface area contributed by atoms with Crippen molar-refractivity contribution in [1.82, 2.24) is 19.9 Å². The minimum absolute atomic E-state index is 0.0274. The van der Waals surface area contributed by atoms with E-state index < -0.39 is 39.7 Å². The number of ether oxygens (including phenoxy) is 1. The number of nitrogens with one attached hydrogen (secondary N) is 2. The molecule has 1 fully saturated rings. The SMILES string of the molecule is COc1cccc2cc(C(=O)N[C@@H](CC(C)C)C(=O)NC3CCCN(S(=O)(=O)c4nccs4)CC3=O)oc12. The molecule has 2 aromatic heterocycles. The lowest BCUT2D eigenvalue weighted by Crippen LogP contribution is -2.52. The van der Waals surface area contributed by atoms with Crippen LogP contribution in [0.1, 0.15) is 43.7 Å². The summed E-state index contributed by atoms with van der Waals surface area (Å²) in [5, 5.41) is 7.70. The van der Waals surface area contributed by atoms with Crippen molar-refractivity contribution in [3.63, 3.8) is 0 Å². The number of carbonyl (C=O) groups excluding carboxylic acids is 3. The van der Waals surface area contributed by atoms with Gasteiger partial charge in [0, 0.05) is 23.5 Å². The Morgan fingerprint density at radius 3 is 2.79 bits per heavy atom. The predicted octanol–water partition coefficient (Wildman–Crippen LogP) is 2.58. The number of aromatic nitrogens is 1. The lowest BCUT2D eigenvalue weighted by molar-refractivity contribution is -0.129. The number of hydrogen-bond acceptors (Lipinski definition) is 9. The van der Waals surface area contributed by atoms with Crippen molar-refractivity contribution in [3.8, 4) is 5.75 Å². The standard InChI is InChI=1S/C25H30N4O7S2/c1-15(2)12-18(28-24(32)21-13-16-6-4-8-20(35-3)22(16)36-21)23(31)27-17-7-5-10-29(14-19(17)30)38(33,34)25-26-9-11-37-25/h4,6,8-9,11,13,15,17-18H,5,7,10,12,14H2,1-3H3,(H,27,31)(H,28,32)/t17?,18-/m0/s1. The van der Waals surface area contributed by atoms with Crippen LogP contribution in [-0.2, 0) is 19.6 Å². The van der Waals surface area contributed by atoms with Crippen LogP contribution in [0, 0.1) is 5.92 Å². The second kappa shape index (κ2) is 11.6. The number of Topliss-reactive ketones (excluding diaryl/α,β-unsaturated/α-hetero) is 1. The topological polar surface area (TPSA) is 148 Å². The summed E-state index contributed by atoms with van der Waals surface area (Å²) in [6.45, 7) is 3.60. The second-order valence-electron chi connectivity index (χ2n) is 9.45. The zero-order chi connectivity index (χ0) is 27.4. The molecule has 2 amide bonds. The van der Waals surface area contributed by atoms with Crippen LogP contribution in [0.5, 0.6) is 5.75 Å². The molecule has 1 saturated heterocycles. The number of sulfonamides is 1. The zero-order valence-electron chi connectivity index (χ0n) is 21.3. The molecule has 38 heavy (non-hydrogen) atoms. The lowest BCUT2D eigenvalue weighted by Gasteiger charge is -2.23. The van der Waals surface area contributed by atoms with Crippen molar-refractivity contribution in [2.24, 2.45) is 5.92 Å². The van der Waals surface area contributed by atoms with Gasteiger partial charge in [0.1, 0.15) is 6.04 Å². The van der Waals surface area contributed by atoms with Gasteiger partial charge in [0.25, 0.3) is 15.9 Å². The molecule has 1 aliphatic heterocycles. The number of thiazole rings is 1. The summed E-state index contributed by atoms with van der Waals surface area (Å²) in [5.74, 6) is -0.941. The highest BCUT2D eigenvalue weighted by molar-refractivity contribution is 7.91. The Morgan fingerprint density at radius 2 is 2.11 bits per heavy atom. The summed E-state index contributed by atoms with van der Waals surface area (Å²) in [6.07, 6.45) is 2.38. The molecule has 0 bridgehead atoms. The highest BCUT2D eigenvalue weighted by Crippen LogP contribution is 2.28. The molecule has 4 rings (SSSR count). The van der Waals surface area contributed by atoms with E-state index in [1.165, 1.54) is 13.3 Å². The fraction of sp³-hybridized carbons (Fsp3) is 0.440. The number of fused-ring (bicyclic) bond motifs is 1. The van der Waals surface area contributed by atoms with Gasteiger partial charge in [0.05, 0.1) is 19.7 Å². The first-order chi connectivity index (χ1) is 18.1. The number of ketones is 1. The quantitative estimate of drug-likeness (QED) is 0.404. The van der Waals surface area contributed by atoms with Gasteiger partial charge in [0.2, 0.25) is 10.2 Å². The maximum Gasteiger partial charge on any atom is 0.287 e. The van der Waals surface area contributed by atoms with Gasteiger partial charge >= 0.3 is 0 Å².